The van der Waals surface area contributed by atoms with Crippen LogP contribution in [0.2, 0.25) is 0 Å². The Balaban J connectivity index is 1.81. The van der Waals surface area contributed by atoms with Crippen LogP contribution < -0.4 is 16.4 Å². The van der Waals surface area contributed by atoms with Gasteiger partial charge in [0, 0.05) is 6.54 Å². The number of hydrogen-bond donors (Lipinski definition) is 3. The molecule has 1 aliphatic rings. The number of fused-ring (bicyclic) bond motifs is 1. The average molecular weight is 289 g/mol. The van der Waals surface area contributed by atoms with E-state index in [9.17, 15) is 9.59 Å². The lowest BCUT2D eigenvalue weighted by Gasteiger charge is -2.16. The fourth-order valence-electron chi connectivity index (χ4n) is 2.10. The van der Waals surface area contributed by atoms with Crippen LogP contribution in [-0.4, -0.2) is 31.2 Å². The molecular weight excluding hydrogens is 270 g/mol. The number of amides is 2. The number of benzene rings is 1. The van der Waals surface area contributed by atoms with Gasteiger partial charge in [0.05, 0.1) is 12.6 Å². The Labute approximate surface area is 123 Å². The summed E-state index contributed by atoms with van der Waals surface area (Å²) in [6.07, 6.45) is 3.88. The van der Waals surface area contributed by atoms with Gasteiger partial charge in [-0.05, 0) is 18.1 Å². The third-order valence-electron chi connectivity index (χ3n) is 3.16. The van der Waals surface area contributed by atoms with Crippen molar-refractivity contribution in [1.82, 2.24) is 10.6 Å². The van der Waals surface area contributed by atoms with Gasteiger partial charge in [0.2, 0.25) is 0 Å². The van der Waals surface area contributed by atoms with E-state index in [1.54, 1.807) is 6.92 Å². The first kappa shape index (κ1) is 15.1. The molecular formula is C15H19N3O3. The van der Waals surface area contributed by atoms with E-state index in [0.717, 1.165) is 11.1 Å². The van der Waals surface area contributed by atoms with Crippen molar-refractivity contribution in [3.63, 3.8) is 0 Å². The van der Waals surface area contributed by atoms with Gasteiger partial charge in [0.15, 0.2) is 0 Å². The summed E-state index contributed by atoms with van der Waals surface area (Å²) in [5.74, 6) is -0.524. The summed E-state index contributed by atoms with van der Waals surface area (Å²) in [7, 11) is 0. The number of hydrogen-bond acceptors (Lipinski definition) is 4. The molecule has 0 saturated carbocycles. The number of nitrogens with one attached hydrogen (secondary N) is 2. The summed E-state index contributed by atoms with van der Waals surface area (Å²) < 4.78 is 4.77. The Hall–Kier alpha value is -2.34. The molecule has 0 spiro atoms. The van der Waals surface area contributed by atoms with Crippen molar-refractivity contribution in [1.29, 1.82) is 0 Å². The van der Waals surface area contributed by atoms with Crippen molar-refractivity contribution in [3.05, 3.63) is 41.5 Å². The van der Waals surface area contributed by atoms with Gasteiger partial charge in [0.25, 0.3) is 0 Å². The second-order valence-corrected chi connectivity index (χ2v) is 4.68. The summed E-state index contributed by atoms with van der Waals surface area (Å²) in [6.45, 7) is 2.00. The number of ether oxygens (including phenoxy) is 1. The maximum Gasteiger partial charge on any atom is 0.324 e. The van der Waals surface area contributed by atoms with Crippen molar-refractivity contribution in [2.24, 2.45) is 5.73 Å². The largest absolute Gasteiger partial charge is 0.465 e. The third-order valence-corrected chi connectivity index (χ3v) is 3.16. The van der Waals surface area contributed by atoms with Crippen LogP contribution in [0.5, 0.6) is 0 Å². The summed E-state index contributed by atoms with van der Waals surface area (Å²) in [6, 6.07) is 6.43. The Morgan fingerprint density at radius 1 is 1.38 bits per heavy atom. The Morgan fingerprint density at radius 3 is 2.90 bits per heavy atom. The third kappa shape index (κ3) is 3.82. The fourth-order valence-corrected chi connectivity index (χ4v) is 2.10. The second-order valence-electron chi connectivity index (χ2n) is 4.68. The van der Waals surface area contributed by atoms with Crippen LogP contribution in [0.25, 0.3) is 6.08 Å². The molecule has 1 aromatic carbocycles. The Morgan fingerprint density at radius 2 is 2.14 bits per heavy atom. The lowest BCUT2D eigenvalue weighted by molar-refractivity contribution is -0.144. The van der Waals surface area contributed by atoms with Crippen molar-refractivity contribution in [2.45, 2.75) is 19.0 Å². The van der Waals surface area contributed by atoms with E-state index in [0.29, 0.717) is 0 Å². The van der Waals surface area contributed by atoms with Crippen LogP contribution >= 0.6 is 0 Å². The fraction of sp³-hybridized carbons (Fsp3) is 0.333. The quantitative estimate of drug-likeness (QED) is 0.703. The van der Waals surface area contributed by atoms with Gasteiger partial charge >= 0.3 is 12.0 Å². The molecule has 1 aliphatic carbocycles. The van der Waals surface area contributed by atoms with Gasteiger partial charge in [-0.2, -0.15) is 0 Å². The highest BCUT2D eigenvalue weighted by molar-refractivity contribution is 5.79. The van der Waals surface area contributed by atoms with Gasteiger partial charge in [-0.3, -0.25) is 4.79 Å². The van der Waals surface area contributed by atoms with Gasteiger partial charge in [-0.15, -0.1) is 0 Å². The van der Waals surface area contributed by atoms with Crippen molar-refractivity contribution in [2.75, 3.05) is 13.2 Å². The zero-order valence-corrected chi connectivity index (χ0v) is 11.8. The van der Waals surface area contributed by atoms with Crippen LogP contribution in [0.3, 0.4) is 0 Å². The van der Waals surface area contributed by atoms with Gasteiger partial charge < -0.3 is 21.1 Å². The molecule has 0 bridgehead atoms. The van der Waals surface area contributed by atoms with Crippen LogP contribution in [0.4, 0.5) is 4.79 Å². The minimum absolute atomic E-state index is 0.0305. The number of carbonyl (C=O) groups excluding carboxylic acids is 2. The maximum absolute atomic E-state index is 11.8. The highest BCUT2D eigenvalue weighted by atomic mass is 16.5. The molecule has 0 radical (unpaired) electrons. The highest BCUT2D eigenvalue weighted by Crippen LogP contribution is 2.27. The lowest BCUT2D eigenvalue weighted by atomic mass is 10.1. The number of rotatable bonds is 5. The first-order valence-electron chi connectivity index (χ1n) is 6.85. The maximum atomic E-state index is 11.8. The van der Waals surface area contributed by atoms with E-state index in [2.05, 4.69) is 10.6 Å². The van der Waals surface area contributed by atoms with E-state index in [4.69, 9.17) is 10.5 Å². The predicted octanol–water partition coefficient (Wildman–Crippen LogP) is 0.944. The molecule has 0 aromatic heterocycles. The normalized spacial score (nSPS) is 17.0. The molecule has 21 heavy (non-hydrogen) atoms. The standard InChI is InChI=1S/C15H19N3O3/c1-2-21-14(19)12(16)9-17-15(20)18-13-8-7-10-5-3-4-6-11(10)13/h3-8,12-13H,2,9,16H2,1H3,(H2,17,18,20)/t12-,13+/m0/s1. The van der Waals surface area contributed by atoms with Gasteiger partial charge in [-0.1, -0.05) is 36.4 Å². The SMILES string of the molecule is CCOC(=O)[C@@H](N)CNC(=O)N[C@@H]1C=Cc2ccccc21. The molecule has 4 N–H and O–H groups in total. The van der Waals surface area contributed by atoms with Gasteiger partial charge in [0.1, 0.15) is 6.04 Å². The molecule has 2 atom stereocenters. The van der Waals surface area contributed by atoms with E-state index in [1.807, 2.05) is 36.4 Å². The molecule has 0 saturated heterocycles. The monoisotopic (exact) mass is 289 g/mol. The second kappa shape index (κ2) is 6.90. The minimum Gasteiger partial charge on any atom is -0.465 e. The Kier molecular flexibility index (Phi) is 4.94. The van der Waals surface area contributed by atoms with Crippen molar-refractivity contribution >= 4 is 18.1 Å². The van der Waals surface area contributed by atoms with E-state index < -0.39 is 12.0 Å². The summed E-state index contributed by atoms with van der Waals surface area (Å²) >= 11 is 0. The minimum atomic E-state index is -0.859. The highest BCUT2D eigenvalue weighted by Gasteiger charge is 2.20. The molecule has 6 heteroatoms. The zero-order chi connectivity index (χ0) is 15.2. The molecule has 112 valence electrons. The lowest BCUT2D eigenvalue weighted by Crippen LogP contribution is -2.46. The van der Waals surface area contributed by atoms with E-state index in [-0.39, 0.29) is 25.2 Å². The molecule has 0 unspecified atom stereocenters. The number of nitrogens with two attached hydrogens (primary N) is 1. The summed E-state index contributed by atoms with van der Waals surface area (Å²) in [5, 5.41) is 5.39. The molecule has 2 amide bonds. The first-order valence-corrected chi connectivity index (χ1v) is 6.85. The van der Waals surface area contributed by atoms with Crippen molar-refractivity contribution in [3.8, 4) is 0 Å². The topological polar surface area (TPSA) is 93.4 Å². The molecule has 6 nitrogen and oxygen atoms in total. The Bertz CT molecular complexity index is 557. The summed E-state index contributed by atoms with van der Waals surface area (Å²) in [5.41, 5.74) is 7.74. The predicted molar refractivity (Wildman–Crippen MR) is 79.4 cm³/mol. The molecule has 0 fully saturated rings. The average Bonchev–Trinajstić information content (AvgIpc) is 2.88. The molecule has 1 aromatic rings. The van der Waals surface area contributed by atoms with Crippen LogP contribution in [-0.2, 0) is 9.53 Å². The van der Waals surface area contributed by atoms with E-state index >= 15 is 0 Å². The van der Waals surface area contributed by atoms with Gasteiger partial charge in [-0.25, -0.2) is 4.79 Å². The molecule has 0 heterocycles. The molecule has 2 rings (SSSR count). The van der Waals surface area contributed by atoms with Crippen molar-refractivity contribution < 1.29 is 14.3 Å². The smallest absolute Gasteiger partial charge is 0.324 e. The first-order chi connectivity index (χ1) is 10.1. The number of esters is 1. The van der Waals surface area contributed by atoms with E-state index in [1.165, 1.54) is 0 Å². The van der Waals surface area contributed by atoms with Crippen LogP contribution in [0.15, 0.2) is 30.3 Å². The number of urea groups is 1. The molecule has 0 aliphatic heterocycles. The van der Waals surface area contributed by atoms with Crippen LogP contribution in [0, 0.1) is 0 Å². The zero-order valence-electron chi connectivity index (χ0n) is 11.8. The number of carbonyl (C=O) groups is 2. The summed E-state index contributed by atoms with van der Waals surface area (Å²) in [4.78, 5) is 23.2. The van der Waals surface area contributed by atoms with Crippen LogP contribution in [0.1, 0.15) is 24.1 Å².